The van der Waals surface area contributed by atoms with Gasteiger partial charge in [-0.1, -0.05) is 36.4 Å². The molecule has 1 aliphatic carbocycles. The average molecular weight is 359 g/mol. The van der Waals surface area contributed by atoms with Crippen LogP contribution in [0.1, 0.15) is 31.0 Å². The highest BCUT2D eigenvalue weighted by Crippen LogP contribution is 2.36. The molecule has 4 nitrogen and oxygen atoms in total. The van der Waals surface area contributed by atoms with E-state index in [-0.39, 0.29) is 11.5 Å². The second-order valence-corrected chi connectivity index (χ2v) is 6.62. The van der Waals surface area contributed by atoms with Crippen LogP contribution < -0.4 is 5.56 Å². The van der Waals surface area contributed by atoms with Crippen LogP contribution in [0.2, 0.25) is 0 Å². The number of ether oxygens (including phenoxy) is 1. The zero-order chi connectivity index (χ0) is 18.8. The van der Waals surface area contributed by atoms with Crippen molar-refractivity contribution in [1.29, 1.82) is 0 Å². The smallest absolute Gasteiger partial charge is 0.331 e. The molecule has 1 aliphatic rings. The molecule has 0 amide bonds. The number of rotatable bonds is 3. The van der Waals surface area contributed by atoms with Gasteiger partial charge in [0.2, 0.25) is 0 Å². The monoisotopic (exact) mass is 359 g/mol. The Bertz CT molecular complexity index is 1090. The van der Waals surface area contributed by atoms with Crippen molar-refractivity contribution in [2.75, 3.05) is 6.61 Å². The minimum absolute atomic E-state index is 0.0204. The van der Waals surface area contributed by atoms with Crippen LogP contribution in [-0.4, -0.2) is 17.1 Å². The fraction of sp³-hybridized carbons (Fsp3) is 0.217. The highest BCUT2D eigenvalue weighted by Gasteiger charge is 2.24. The molecule has 0 fully saturated rings. The number of pyridine rings is 1. The van der Waals surface area contributed by atoms with E-state index in [1.165, 1.54) is 0 Å². The summed E-state index contributed by atoms with van der Waals surface area (Å²) in [6, 6.07) is 17.3. The third-order valence-electron chi connectivity index (χ3n) is 4.96. The first-order valence-electron chi connectivity index (χ1n) is 9.30. The van der Waals surface area contributed by atoms with E-state index < -0.39 is 0 Å². The molecule has 2 aromatic carbocycles. The quantitative estimate of drug-likeness (QED) is 0.518. The summed E-state index contributed by atoms with van der Waals surface area (Å²) in [6.07, 6.45) is 4.07. The maximum absolute atomic E-state index is 13.3. The summed E-state index contributed by atoms with van der Waals surface area (Å²) in [7, 11) is 0. The molecular weight excluding hydrogens is 338 g/mol. The van der Waals surface area contributed by atoms with Gasteiger partial charge in [0.05, 0.1) is 6.61 Å². The van der Waals surface area contributed by atoms with Crippen molar-refractivity contribution in [3.8, 4) is 5.69 Å². The van der Waals surface area contributed by atoms with Crippen molar-refractivity contribution in [2.24, 2.45) is 0 Å². The lowest BCUT2D eigenvalue weighted by Crippen LogP contribution is -2.26. The summed E-state index contributed by atoms with van der Waals surface area (Å²) >= 11 is 0. The molecule has 136 valence electrons. The number of fused-ring (bicyclic) bond motifs is 3. The molecule has 1 aromatic heterocycles. The number of esters is 1. The number of para-hydroxylation sites is 1. The molecule has 1 heterocycles. The first kappa shape index (κ1) is 17.3. The lowest BCUT2D eigenvalue weighted by Gasteiger charge is -2.25. The van der Waals surface area contributed by atoms with Gasteiger partial charge >= 0.3 is 5.97 Å². The summed E-state index contributed by atoms with van der Waals surface area (Å²) in [5.74, 6) is -0.332. The summed E-state index contributed by atoms with van der Waals surface area (Å²) in [4.78, 5) is 25.4. The molecule has 27 heavy (non-hydrogen) atoms. The van der Waals surface area contributed by atoms with E-state index in [1.54, 1.807) is 17.6 Å². The van der Waals surface area contributed by atoms with E-state index in [0.717, 1.165) is 47.2 Å². The number of hydrogen-bond donors (Lipinski definition) is 0. The predicted molar refractivity (Wildman–Crippen MR) is 107 cm³/mol. The average Bonchev–Trinajstić information content (AvgIpc) is 2.69. The van der Waals surface area contributed by atoms with Crippen LogP contribution >= 0.6 is 0 Å². The van der Waals surface area contributed by atoms with Crippen molar-refractivity contribution >= 4 is 22.3 Å². The van der Waals surface area contributed by atoms with Crippen LogP contribution in [-0.2, 0) is 16.0 Å². The van der Waals surface area contributed by atoms with Crippen molar-refractivity contribution < 1.29 is 9.53 Å². The van der Waals surface area contributed by atoms with Crippen molar-refractivity contribution in [2.45, 2.75) is 26.2 Å². The number of benzene rings is 2. The standard InChI is InChI=1S/C23H21NO3/c1-2-27-21(25)15-16-9-8-14-20-22(16)18-12-6-7-13-19(18)23(26)24(20)17-10-4-3-5-11-17/h3-7,10-13,15H,2,8-9,14H2,1H3/b16-15+. The van der Waals surface area contributed by atoms with E-state index in [2.05, 4.69) is 0 Å². The molecule has 0 saturated heterocycles. The van der Waals surface area contributed by atoms with Crippen LogP contribution in [0.25, 0.3) is 22.0 Å². The largest absolute Gasteiger partial charge is 0.463 e. The summed E-state index contributed by atoms with van der Waals surface area (Å²) in [5, 5.41) is 1.57. The van der Waals surface area contributed by atoms with Gasteiger partial charge in [0, 0.05) is 28.4 Å². The first-order valence-corrected chi connectivity index (χ1v) is 9.30. The van der Waals surface area contributed by atoms with Gasteiger partial charge in [-0.3, -0.25) is 9.36 Å². The Morgan fingerprint density at radius 3 is 2.48 bits per heavy atom. The first-order chi connectivity index (χ1) is 13.2. The van der Waals surface area contributed by atoms with E-state index in [0.29, 0.717) is 12.0 Å². The number of carbonyl (C=O) groups is 1. The number of aromatic nitrogens is 1. The zero-order valence-electron chi connectivity index (χ0n) is 15.3. The molecule has 0 spiro atoms. The maximum atomic E-state index is 13.3. The topological polar surface area (TPSA) is 48.3 Å². The van der Waals surface area contributed by atoms with Crippen LogP contribution in [0.5, 0.6) is 0 Å². The molecular formula is C23H21NO3. The summed E-state index contributed by atoms with van der Waals surface area (Å²) in [5.41, 5.74) is 3.73. The molecule has 0 unspecified atom stereocenters. The van der Waals surface area contributed by atoms with Crippen LogP contribution in [0, 0.1) is 0 Å². The molecule has 0 bridgehead atoms. The normalized spacial score (nSPS) is 14.9. The van der Waals surface area contributed by atoms with Gasteiger partial charge in [-0.05, 0) is 55.3 Å². The Kier molecular flexibility index (Phi) is 4.63. The molecule has 0 N–H and O–H groups in total. The van der Waals surface area contributed by atoms with Gasteiger partial charge < -0.3 is 4.74 Å². The van der Waals surface area contributed by atoms with E-state index in [9.17, 15) is 9.59 Å². The van der Waals surface area contributed by atoms with Crippen LogP contribution in [0.4, 0.5) is 0 Å². The van der Waals surface area contributed by atoms with Gasteiger partial charge in [-0.25, -0.2) is 4.79 Å². The highest BCUT2D eigenvalue weighted by molar-refractivity contribution is 6.00. The molecule has 4 rings (SSSR count). The summed E-state index contributed by atoms with van der Waals surface area (Å²) in [6.45, 7) is 2.15. The van der Waals surface area contributed by atoms with Gasteiger partial charge in [0.15, 0.2) is 0 Å². The van der Waals surface area contributed by atoms with Gasteiger partial charge in [0.25, 0.3) is 5.56 Å². The third-order valence-corrected chi connectivity index (χ3v) is 4.96. The number of hydrogen-bond acceptors (Lipinski definition) is 3. The van der Waals surface area contributed by atoms with Gasteiger partial charge in [0.1, 0.15) is 0 Å². The Morgan fingerprint density at radius 2 is 1.74 bits per heavy atom. The van der Waals surface area contributed by atoms with E-state index in [1.807, 2.05) is 54.6 Å². The molecule has 0 radical (unpaired) electrons. The Balaban J connectivity index is 2.06. The van der Waals surface area contributed by atoms with Gasteiger partial charge in [-0.2, -0.15) is 0 Å². The van der Waals surface area contributed by atoms with Crippen molar-refractivity contribution in [1.82, 2.24) is 4.57 Å². The molecule has 4 heteroatoms. The second-order valence-electron chi connectivity index (χ2n) is 6.62. The van der Waals surface area contributed by atoms with E-state index in [4.69, 9.17) is 4.74 Å². The summed E-state index contributed by atoms with van der Waals surface area (Å²) < 4.78 is 6.93. The Morgan fingerprint density at radius 1 is 1.04 bits per heavy atom. The van der Waals surface area contributed by atoms with Crippen molar-refractivity contribution in [3.05, 3.63) is 82.3 Å². The second kappa shape index (κ2) is 7.23. The number of allylic oxidation sites excluding steroid dienone is 1. The molecule has 0 atom stereocenters. The maximum Gasteiger partial charge on any atom is 0.331 e. The number of nitrogens with zero attached hydrogens (tertiary/aromatic N) is 1. The van der Waals surface area contributed by atoms with Crippen LogP contribution in [0.3, 0.4) is 0 Å². The van der Waals surface area contributed by atoms with Gasteiger partial charge in [-0.15, -0.1) is 0 Å². The lowest BCUT2D eigenvalue weighted by molar-refractivity contribution is -0.137. The molecule has 3 aromatic rings. The molecule has 0 aliphatic heterocycles. The van der Waals surface area contributed by atoms with E-state index >= 15 is 0 Å². The lowest BCUT2D eigenvalue weighted by atomic mass is 9.86. The highest BCUT2D eigenvalue weighted by atomic mass is 16.5. The fourth-order valence-electron chi connectivity index (χ4n) is 3.88. The Labute approximate surface area is 157 Å². The Hall–Kier alpha value is -3.14. The number of carbonyl (C=O) groups excluding carboxylic acids is 1. The van der Waals surface area contributed by atoms with Crippen LogP contribution in [0.15, 0.2) is 65.5 Å². The van der Waals surface area contributed by atoms with Crippen molar-refractivity contribution in [3.63, 3.8) is 0 Å². The zero-order valence-corrected chi connectivity index (χ0v) is 15.3. The fourth-order valence-corrected chi connectivity index (χ4v) is 3.88. The minimum atomic E-state index is -0.332. The molecule has 0 saturated carbocycles. The SMILES string of the molecule is CCOC(=O)/C=C1\CCCc2c1c1ccccc1c(=O)n2-c1ccccc1. The predicted octanol–water partition coefficient (Wildman–Crippen LogP) is 4.27. The third kappa shape index (κ3) is 3.08. The minimum Gasteiger partial charge on any atom is -0.463 e.